The molecule has 0 bridgehead atoms. The van der Waals surface area contributed by atoms with Gasteiger partial charge in [-0.05, 0) is 31.5 Å². The van der Waals surface area contributed by atoms with Gasteiger partial charge in [0.2, 0.25) is 0 Å². The van der Waals surface area contributed by atoms with Crippen LogP contribution in [0.5, 0.6) is 0 Å². The lowest BCUT2D eigenvalue weighted by Crippen LogP contribution is -2.40. The van der Waals surface area contributed by atoms with Crippen LogP contribution in [0, 0.1) is 11.8 Å². The number of hydrogen-bond donors (Lipinski definition) is 1. The topological polar surface area (TPSA) is 29.5 Å². The summed E-state index contributed by atoms with van der Waals surface area (Å²) in [5.41, 5.74) is 0. The van der Waals surface area contributed by atoms with E-state index in [0.29, 0.717) is 0 Å². The van der Waals surface area contributed by atoms with Gasteiger partial charge in [0.25, 0.3) is 0 Å². The molecular weight excluding hydrogens is 216 g/mol. The second kappa shape index (κ2) is 6.44. The van der Waals surface area contributed by atoms with Crippen molar-refractivity contribution in [1.29, 1.82) is 0 Å². The highest BCUT2D eigenvalue weighted by atomic mass is 28.4. The number of rotatable bonds is 4. The lowest BCUT2D eigenvalue weighted by atomic mass is 10.2. The lowest BCUT2D eigenvalue weighted by molar-refractivity contribution is 0.253. The van der Waals surface area contributed by atoms with E-state index in [1.54, 1.807) is 6.92 Å². The molecule has 0 heterocycles. The summed E-state index contributed by atoms with van der Waals surface area (Å²) in [5, 5.41) is 9.22. The molecule has 2 nitrogen and oxygen atoms in total. The van der Waals surface area contributed by atoms with Gasteiger partial charge in [-0.3, -0.25) is 0 Å². The quantitative estimate of drug-likeness (QED) is 0.466. The third kappa shape index (κ3) is 6.32. The highest BCUT2D eigenvalue weighted by Crippen LogP contribution is 2.36. The van der Waals surface area contributed by atoms with Gasteiger partial charge in [-0.15, -0.1) is 5.92 Å². The molecule has 1 N–H and O–H groups in total. The number of hydrogen-bond acceptors (Lipinski definition) is 2. The van der Waals surface area contributed by atoms with Gasteiger partial charge < -0.3 is 9.53 Å². The molecule has 0 aliphatic rings. The van der Waals surface area contributed by atoms with Crippen molar-refractivity contribution < 1.29 is 9.53 Å². The SMILES string of the molecule is C[C@@H](O)C#CCCCO[Si](C)(C)C(C)(C)C. The van der Waals surface area contributed by atoms with E-state index in [2.05, 4.69) is 45.7 Å². The molecule has 16 heavy (non-hydrogen) atoms. The summed E-state index contributed by atoms with van der Waals surface area (Å²) < 4.78 is 6.01. The summed E-state index contributed by atoms with van der Waals surface area (Å²) in [7, 11) is -1.58. The first kappa shape index (κ1) is 15.7. The molecule has 0 rings (SSSR count). The van der Waals surface area contributed by atoms with Crippen LogP contribution in [0.4, 0.5) is 0 Å². The third-order valence-electron chi connectivity index (χ3n) is 3.03. The Bertz CT molecular complexity index is 253. The minimum absolute atomic E-state index is 0.276. The zero-order valence-corrected chi connectivity index (χ0v) is 12.6. The molecule has 0 aromatic heterocycles. The molecule has 0 fully saturated rings. The molecule has 0 aliphatic carbocycles. The van der Waals surface area contributed by atoms with Gasteiger partial charge in [0.1, 0.15) is 6.10 Å². The fourth-order valence-electron chi connectivity index (χ4n) is 0.924. The Kier molecular flexibility index (Phi) is 6.31. The average molecular weight is 242 g/mol. The van der Waals surface area contributed by atoms with Gasteiger partial charge in [-0.2, -0.15) is 0 Å². The van der Waals surface area contributed by atoms with Crippen molar-refractivity contribution in [1.82, 2.24) is 0 Å². The van der Waals surface area contributed by atoms with Crippen LogP contribution in [0.15, 0.2) is 0 Å². The molecule has 3 heteroatoms. The Morgan fingerprint density at radius 1 is 1.31 bits per heavy atom. The fourth-order valence-corrected chi connectivity index (χ4v) is 2.01. The van der Waals surface area contributed by atoms with E-state index in [-0.39, 0.29) is 5.04 Å². The number of unbranched alkanes of at least 4 members (excludes halogenated alkanes) is 1. The normalized spacial score (nSPS) is 14.2. The predicted molar refractivity (Wildman–Crippen MR) is 71.8 cm³/mol. The van der Waals surface area contributed by atoms with Gasteiger partial charge in [0, 0.05) is 13.0 Å². The van der Waals surface area contributed by atoms with Crippen LogP contribution >= 0.6 is 0 Å². The summed E-state index contributed by atoms with van der Waals surface area (Å²) >= 11 is 0. The molecule has 0 spiro atoms. The summed E-state index contributed by atoms with van der Waals surface area (Å²) in [6.45, 7) is 13.7. The third-order valence-corrected chi connectivity index (χ3v) is 7.56. The van der Waals surface area contributed by atoms with E-state index < -0.39 is 14.4 Å². The largest absolute Gasteiger partial charge is 0.417 e. The molecule has 0 unspecified atom stereocenters. The van der Waals surface area contributed by atoms with Crippen molar-refractivity contribution in [2.24, 2.45) is 0 Å². The van der Waals surface area contributed by atoms with E-state index >= 15 is 0 Å². The number of aliphatic hydroxyl groups excluding tert-OH is 1. The highest BCUT2D eigenvalue weighted by molar-refractivity contribution is 6.74. The molecule has 94 valence electrons. The molecule has 0 radical (unpaired) electrons. The standard InChI is InChI=1S/C13H26O2Si/c1-12(14)10-8-7-9-11-15-16(5,6)13(2,3)4/h12,14H,7,9,11H2,1-6H3/t12-/m1/s1. The second-order valence-corrected chi connectivity index (χ2v) is 10.5. The van der Waals surface area contributed by atoms with Crippen LogP contribution < -0.4 is 0 Å². The first-order valence-corrected chi connectivity index (χ1v) is 8.88. The Labute approximate surface area is 102 Å². The molecule has 0 saturated carbocycles. The smallest absolute Gasteiger partial charge is 0.191 e. The van der Waals surface area contributed by atoms with Crippen LogP contribution in [-0.4, -0.2) is 26.1 Å². The van der Waals surface area contributed by atoms with Crippen molar-refractivity contribution >= 4 is 8.32 Å². The maximum atomic E-state index is 8.95. The Hall–Kier alpha value is -0.303. The monoisotopic (exact) mass is 242 g/mol. The second-order valence-electron chi connectivity index (χ2n) is 5.71. The molecular formula is C13H26O2Si. The summed E-state index contributed by atoms with van der Waals surface area (Å²) in [6.07, 6.45) is 1.24. The van der Waals surface area contributed by atoms with Gasteiger partial charge in [-0.1, -0.05) is 26.7 Å². The molecule has 1 atom stereocenters. The molecule has 0 aliphatic heterocycles. The fraction of sp³-hybridized carbons (Fsp3) is 0.846. The van der Waals surface area contributed by atoms with Crippen molar-refractivity contribution in [3.63, 3.8) is 0 Å². The predicted octanol–water partition coefficient (Wildman–Crippen LogP) is 3.17. The zero-order valence-electron chi connectivity index (χ0n) is 11.6. The van der Waals surface area contributed by atoms with E-state index in [9.17, 15) is 0 Å². The van der Waals surface area contributed by atoms with Gasteiger partial charge >= 0.3 is 0 Å². The lowest BCUT2D eigenvalue weighted by Gasteiger charge is -2.36. The van der Waals surface area contributed by atoms with Crippen molar-refractivity contribution in [2.45, 2.75) is 64.8 Å². The average Bonchev–Trinajstić information content (AvgIpc) is 2.08. The van der Waals surface area contributed by atoms with Crippen LogP contribution in [0.1, 0.15) is 40.5 Å². The maximum Gasteiger partial charge on any atom is 0.191 e. The van der Waals surface area contributed by atoms with Crippen LogP contribution in [-0.2, 0) is 4.43 Å². The van der Waals surface area contributed by atoms with Gasteiger partial charge in [0.05, 0.1) is 0 Å². The minimum Gasteiger partial charge on any atom is -0.417 e. The minimum atomic E-state index is -1.58. The molecule has 0 saturated heterocycles. The Balaban J connectivity index is 3.81. The van der Waals surface area contributed by atoms with E-state index in [1.807, 2.05) is 0 Å². The molecule has 0 amide bonds. The Morgan fingerprint density at radius 3 is 2.31 bits per heavy atom. The molecule has 0 aromatic carbocycles. The summed E-state index contributed by atoms with van der Waals surface area (Å²) in [6, 6.07) is 0. The van der Waals surface area contributed by atoms with Crippen molar-refractivity contribution in [3.8, 4) is 11.8 Å². The number of aliphatic hydroxyl groups is 1. The maximum absolute atomic E-state index is 8.95. The van der Waals surface area contributed by atoms with Crippen LogP contribution in [0.3, 0.4) is 0 Å². The van der Waals surface area contributed by atoms with E-state index in [1.165, 1.54) is 0 Å². The first-order valence-electron chi connectivity index (χ1n) is 5.97. The van der Waals surface area contributed by atoms with E-state index in [0.717, 1.165) is 19.4 Å². The van der Waals surface area contributed by atoms with E-state index in [4.69, 9.17) is 9.53 Å². The summed E-state index contributed by atoms with van der Waals surface area (Å²) in [4.78, 5) is 0. The summed E-state index contributed by atoms with van der Waals surface area (Å²) in [5.74, 6) is 5.68. The van der Waals surface area contributed by atoms with Crippen molar-refractivity contribution in [3.05, 3.63) is 0 Å². The Morgan fingerprint density at radius 2 is 1.88 bits per heavy atom. The molecule has 0 aromatic rings. The van der Waals surface area contributed by atoms with Gasteiger partial charge in [0.15, 0.2) is 8.32 Å². The van der Waals surface area contributed by atoms with Crippen LogP contribution in [0.2, 0.25) is 18.1 Å². The zero-order chi connectivity index (χ0) is 12.8. The van der Waals surface area contributed by atoms with Crippen LogP contribution in [0.25, 0.3) is 0 Å². The van der Waals surface area contributed by atoms with Gasteiger partial charge in [-0.25, -0.2) is 0 Å². The highest BCUT2D eigenvalue weighted by Gasteiger charge is 2.36. The first-order chi connectivity index (χ1) is 7.17. The van der Waals surface area contributed by atoms with Crippen molar-refractivity contribution in [2.75, 3.05) is 6.61 Å².